The van der Waals surface area contributed by atoms with Crippen molar-refractivity contribution in [3.05, 3.63) is 100 Å². The van der Waals surface area contributed by atoms with Crippen molar-refractivity contribution in [1.82, 2.24) is 4.31 Å². The summed E-state index contributed by atoms with van der Waals surface area (Å²) in [6.07, 6.45) is 0. The van der Waals surface area contributed by atoms with Crippen LogP contribution >= 0.6 is 11.6 Å². The predicted octanol–water partition coefficient (Wildman–Crippen LogP) is 4.78. The third-order valence-electron chi connectivity index (χ3n) is 4.96. The molecule has 7 heteroatoms. The normalized spacial score (nSPS) is 21.0. The number of carbonyl (C=O) groups is 1. The van der Waals surface area contributed by atoms with Gasteiger partial charge in [-0.15, -0.1) is 0 Å². The monoisotopic (exact) mass is 429 g/mol. The zero-order valence-electron chi connectivity index (χ0n) is 15.4. The number of hydrogen-bond donors (Lipinski definition) is 0. The molecule has 3 aromatic carbocycles. The number of Topliss-reactive ketones (excluding diaryl/α,β-unsaturated/α-hetero) is 1. The molecule has 0 N–H and O–H groups in total. The zero-order chi connectivity index (χ0) is 20.8. The second-order valence-electron chi connectivity index (χ2n) is 6.96. The van der Waals surface area contributed by atoms with Crippen LogP contribution in [-0.4, -0.2) is 24.5 Å². The van der Waals surface area contributed by atoms with Gasteiger partial charge in [-0.1, -0.05) is 41.4 Å². The number of carbonyl (C=O) groups excluding carboxylic acids is 1. The van der Waals surface area contributed by atoms with E-state index in [9.17, 15) is 17.6 Å². The second kappa shape index (κ2) is 7.37. The summed E-state index contributed by atoms with van der Waals surface area (Å²) < 4.78 is 41.0. The molecule has 148 valence electrons. The van der Waals surface area contributed by atoms with Crippen LogP contribution in [0.1, 0.15) is 27.5 Å². The fourth-order valence-corrected chi connectivity index (χ4v) is 5.22. The number of halogens is 2. The Labute approximate surface area is 173 Å². The molecule has 0 saturated carbocycles. The smallest absolute Gasteiger partial charge is 0.244 e. The van der Waals surface area contributed by atoms with Gasteiger partial charge >= 0.3 is 0 Å². The van der Waals surface area contributed by atoms with Gasteiger partial charge in [0, 0.05) is 10.6 Å². The topological polar surface area (TPSA) is 54.2 Å². The molecule has 1 saturated heterocycles. The number of hydrogen-bond acceptors (Lipinski definition) is 3. The Morgan fingerprint density at radius 3 is 2.10 bits per heavy atom. The maximum atomic E-state index is 13.4. The summed E-state index contributed by atoms with van der Waals surface area (Å²) in [5.41, 5.74) is 1.86. The van der Waals surface area contributed by atoms with Gasteiger partial charge in [0.25, 0.3) is 0 Å². The summed E-state index contributed by atoms with van der Waals surface area (Å²) in [7, 11) is -3.91. The number of ketones is 1. The highest BCUT2D eigenvalue weighted by Crippen LogP contribution is 2.49. The first-order valence-corrected chi connectivity index (χ1v) is 10.8. The molecule has 0 aromatic heterocycles. The summed E-state index contributed by atoms with van der Waals surface area (Å²) >= 11 is 5.89. The standard InChI is InChI=1S/C22H17ClFNO3S/c1-14-2-12-19(13-3-14)29(27,28)25-20(15-6-10-18(24)11-7-15)21(25)22(26)16-4-8-17(23)9-5-16/h2-13,20-21H,1H3/t20-,21+,25?/m1/s1. The molecular formula is C22H17ClFNO3S. The van der Waals surface area contributed by atoms with Gasteiger partial charge < -0.3 is 0 Å². The van der Waals surface area contributed by atoms with Crippen LogP contribution in [0.4, 0.5) is 4.39 Å². The van der Waals surface area contributed by atoms with Crippen molar-refractivity contribution in [2.75, 3.05) is 0 Å². The fourth-order valence-electron chi connectivity index (χ4n) is 3.38. The molecule has 0 bridgehead atoms. The van der Waals surface area contributed by atoms with Crippen LogP contribution in [0, 0.1) is 12.7 Å². The molecule has 0 aliphatic carbocycles. The van der Waals surface area contributed by atoms with Gasteiger partial charge in [-0.05, 0) is 61.0 Å². The Hall–Kier alpha value is -2.54. The van der Waals surface area contributed by atoms with Gasteiger partial charge in [0.05, 0.1) is 10.9 Å². The second-order valence-corrected chi connectivity index (χ2v) is 9.24. The molecule has 1 aliphatic heterocycles. The maximum Gasteiger partial charge on any atom is 0.244 e. The summed E-state index contributed by atoms with van der Waals surface area (Å²) in [5.74, 6) is -0.755. The number of rotatable bonds is 5. The van der Waals surface area contributed by atoms with Crippen LogP contribution in [0.2, 0.25) is 5.02 Å². The van der Waals surface area contributed by atoms with E-state index in [1.165, 1.54) is 40.7 Å². The van der Waals surface area contributed by atoms with Crippen LogP contribution in [0.25, 0.3) is 0 Å². The van der Waals surface area contributed by atoms with Crippen molar-refractivity contribution in [2.24, 2.45) is 0 Å². The van der Waals surface area contributed by atoms with E-state index in [4.69, 9.17) is 11.6 Å². The van der Waals surface area contributed by atoms with E-state index in [1.807, 2.05) is 6.92 Å². The Balaban J connectivity index is 1.74. The minimum atomic E-state index is -3.91. The van der Waals surface area contributed by atoms with E-state index in [1.54, 1.807) is 36.4 Å². The molecule has 0 amide bonds. The summed E-state index contributed by atoms with van der Waals surface area (Å²) in [4.78, 5) is 13.2. The molecule has 4 nitrogen and oxygen atoms in total. The SMILES string of the molecule is Cc1ccc(S(=O)(=O)N2[C@H](C(=O)c3ccc(Cl)cc3)[C@H]2c2ccc(F)cc2)cc1. The molecule has 1 unspecified atom stereocenters. The third kappa shape index (κ3) is 3.71. The lowest BCUT2D eigenvalue weighted by atomic mass is 10.0. The molecule has 1 fully saturated rings. The summed E-state index contributed by atoms with van der Waals surface area (Å²) in [5, 5.41) is 0.483. The van der Waals surface area contributed by atoms with E-state index in [-0.39, 0.29) is 10.7 Å². The van der Waals surface area contributed by atoms with E-state index in [2.05, 4.69) is 0 Å². The van der Waals surface area contributed by atoms with Crippen LogP contribution in [0.5, 0.6) is 0 Å². The summed E-state index contributed by atoms with van der Waals surface area (Å²) in [6.45, 7) is 1.86. The van der Waals surface area contributed by atoms with Gasteiger partial charge in [0.15, 0.2) is 5.78 Å². The van der Waals surface area contributed by atoms with Gasteiger partial charge in [-0.25, -0.2) is 12.8 Å². The zero-order valence-corrected chi connectivity index (χ0v) is 17.0. The lowest BCUT2D eigenvalue weighted by Gasteiger charge is -2.07. The fraction of sp³-hybridized carbons (Fsp3) is 0.136. The highest BCUT2D eigenvalue weighted by Gasteiger charge is 2.60. The van der Waals surface area contributed by atoms with Gasteiger partial charge in [0.2, 0.25) is 10.0 Å². The van der Waals surface area contributed by atoms with Crippen molar-refractivity contribution >= 4 is 27.4 Å². The highest BCUT2D eigenvalue weighted by atomic mass is 35.5. The third-order valence-corrected chi connectivity index (χ3v) is 7.09. The Kier molecular flexibility index (Phi) is 5.02. The van der Waals surface area contributed by atoms with Crippen LogP contribution in [-0.2, 0) is 10.0 Å². The van der Waals surface area contributed by atoms with E-state index in [0.717, 1.165) is 5.56 Å². The Morgan fingerprint density at radius 2 is 1.52 bits per heavy atom. The summed E-state index contributed by atoms with van der Waals surface area (Å²) in [6, 6.07) is 16.7. The first kappa shape index (κ1) is 19.8. The maximum absolute atomic E-state index is 13.4. The molecule has 1 heterocycles. The van der Waals surface area contributed by atoms with Crippen molar-refractivity contribution in [3.8, 4) is 0 Å². The minimum absolute atomic E-state index is 0.113. The van der Waals surface area contributed by atoms with Gasteiger partial charge in [-0.3, -0.25) is 4.79 Å². The number of sulfonamides is 1. The van der Waals surface area contributed by atoms with Gasteiger partial charge in [-0.2, -0.15) is 4.31 Å². The average Bonchev–Trinajstić information content (AvgIpc) is 3.45. The van der Waals surface area contributed by atoms with Gasteiger partial charge in [0.1, 0.15) is 11.9 Å². The molecule has 0 spiro atoms. The number of benzene rings is 3. The van der Waals surface area contributed by atoms with Crippen molar-refractivity contribution in [1.29, 1.82) is 0 Å². The molecule has 4 rings (SSSR count). The average molecular weight is 430 g/mol. The van der Waals surface area contributed by atoms with Crippen LogP contribution in [0.15, 0.2) is 77.7 Å². The largest absolute Gasteiger partial charge is 0.292 e. The van der Waals surface area contributed by atoms with E-state index < -0.39 is 27.9 Å². The van der Waals surface area contributed by atoms with Crippen molar-refractivity contribution < 1.29 is 17.6 Å². The number of nitrogens with zero attached hydrogens (tertiary/aromatic N) is 1. The highest BCUT2D eigenvalue weighted by molar-refractivity contribution is 7.89. The Morgan fingerprint density at radius 1 is 0.931 bits per heavy atom. The van der Waals surface area contributed by atoms with E-state index >= 15 is 0 Å². The molecule has 1 aliphatic rings. The lowest BCUT2D eigenvalue weighted by molar-refractivity contribution is 0.0981. The molecule has 3 aromatic rings. The molecular weight excluding hydrogens is 413 g/mol. The van der Waals surface area contributed by atoms with Crippen molar-refractivity contribution in [2.45, 2.75) is 23.9 Å². The Bertz CT molecular complexity index is 1160. The number of aryl methyl sites for hydroxylation is 1. The lowest BCUT2D eigenvalue weighted by Crippen LogP contribution is -2.19. The first-order valence-electron chi connectivity index (χ1n) is 8.94. The van der Waals surface area contributed by atoms with Crippen LogP contribution in [0.3, 0.4) is 0 Å². The molecule has 3 atom stereocenters. The quantitative estimate of drug-likeness (QED) is 0.433. The predicted molar refractivity (Wildman–Crippen MR) is 109 cm³/mol. The molecule has 0 radical (unpaired) electrons. The van der Waals surface area contributed by atoms with Crippen LogP contribution < -0.4 is 0 Å². The molecule has 29 heavy (non-hydrogen) atoms. The van der Waals surface area contributed by atoms with E-state index in [0.29, 0.717) is 16.1 Å². The van der Waals surface area contributed by atoms with Crippen molar-refractivity contribution in [3.63, 3.8) is 0 Å². The minimum Gasteiger partial charge on any atom is -0.292 e. The first-order chi connectivity index (χ1) is 13.8.